The SMILES string of the molecule is C=C(CCCN(C(=O)O)c1cn(C)nc1C)C(=O)O. The summed E-state index contributed by atoms with van der Waals surface area (Å²) in [6.07, 6.45) is 1.18. The van der Waals surface area contributed by atoms with E-state index in [0.717, 1.165) is 4.90 Å². The first kappa shape index (κ1) is 14.7. The first-order valence-electron chi connectivity index (χ1n) is 5.74. The standard InChI is InChI=1S/C12H17N3O4/c1-8(11(16)17)5-4-6-15(12(18)19)10-7-14(3)13-9(10)2/h7H,1,4-6H2,2-3H3,(H,16,17)(H,18,19). The third kappa shape index (κ3) is 3.84. The lowest BCUT2D eigenvalue weighted by atomic mass is 10.1. The first-order chi connectivity index (χ1) is 8.82. The highest BCUT2D eigenvalue weighted by Gasteiger charge is 2.18. The number of anilines is 1. The molecule has 0 saturated carbocycles. The van der Waals surface area contributed by atoms with E-state index in [9.17, 15) is 14.7 Å². The molecule has 0 aromatic carbocycles. The zero-order valence-electron chi connectivity index (χ0n) is 11.0. The smallest absolute Gasteiger partial charge is 0.411 e. The molecule has 1 aromatic rings. The quantitative estimate of drug-likeness (QED) is 0.764. The van der Waals surface area contributed by atoms with Gasteiger partial charge < -0.3 is 10.2 Å². The van der Waals surface area contributed by atoms with Gasteiger partial charge in [0.15, 0.2) is 0 Å². The van der Waals surface area contributed by atoms with Crippen molar-refractivity contribution < 1.29 is 19.8 Å². The largest absolute Gasteiger partial charge is 0.478 e. The van der Waals surface area contributed by atoms with Crippen molar-refractivity contribution in [2.24, 2.45) is 7.05 Å². The van der Waals surface area contributed by atoms with Gasteiger partial charge in [0.25, 0.3) is 0 Å². The average Bonchev–Trinajstić information content (AvgIpc) is 2.62. The van der Waals surface area contributed by atoms with E-state index in [-0.39, 0.29) is 18.5 Å². The predicted molar refractivity (Wildman–Crippen MR) is 69.3 cm³/mol. The highest BCUT2D eigenvalue weighted by molar-refractivity contribution is 5.87. The fraction of sp³-hybridized carbons (Fsp3) is 0.417. The number of rotatable bonds is 6. The number of carboxylic acids is 1. The molecule has 0 saturated heterocycles. The van der Waals surface area contributed by atoms with Crippen LogP contribution in [0.4, 0.5) is 10.5 Å². The van der Waals surface area contributed by atoms with Crippen LogP contribution in [-0.4, -0.2) is 38.6 Å². The molecule has 19 heavy (non-hydrogen) atoms. The highest BCUT2D eigenvalue weighted by Crippen LogP contribution is 2.19. The number of nitrogens with zero attached hydrogens (tertiary/aromatic N) is 3. The summed E-state index contributed by atoms with van der Waals surface area (Å²) in [6, 6.07) is 0. The van der Waals surface area contributed by atoms with Crippen LogP contribution in [0.1, 0.15) is 18.5 Å². The molecule has 1 heterocycles. The molecule has 104 valence electrons. The summed E-state index contributed by atoms with van der Waals surface area (Å²) in [4.78, 5) is 23.0. The molecule has 7 heteroatoms. The fourth-order valence-corrected chi connectivity index (χ4v) is 1.73. The zero-order chi connectivity index (χ0) is 14.6. The normalized spacial score (nSPS) is 10.2. The Morgan fingerprint density at radius 3 is 2.53 bits per heavy atom. The van der Waals surface area contributed by atoms with Crippen LogP contribution in [0.15, 0.2) is 18.3 Å². The molecule has 1 rings (SSSR count). The summed E-state index contributed by atoms with van der Waals surface area (Å²) in [6.45, 7) is 5.33. The number of amides is 1. The Morgan fingerprint density at radius 2 is 2.11 bits per heavy atom. The Hall–Kier alpha value is -2.31. The van der Waals surface area contributed by atoms with E-state index in [0.29, 0.717) is 17.8 Å². The van der Waals surface area contributed by atoms with Gasteiger partial charge in [0.05, 0.1) is 11.4 Å². The van der Waals surface area contributed by atoms with Crippen LogP contribution in [0.2, 0.25) is 0 Å². The second-order valence-electron chi connectivity index (χ2n) is 4.22. The summed E-state index contributed by atoms with van der Waals surface area (Å²) in [5.41, 5.74) is 1.20. The molecule has 0 fully saturated rings. The van der Waals surface area contributed by atoms with Crippen molar-refractivity contribution in [2.75, 3.05) is 11.4 Å². The van der Waals surface area contributed by atoms with Gasteiger partial charge >= 0.3 is 12.1 Å². The van der Waals surface area contributed by atoms with Gasteiger partial charge in [-0.05, 0) is 19.8 Å². The number of carbonyl (C=O) groups is 2. The van der Waals surface area contributed by atoms with Gasteiger partial charge in [-0.1, -0.05) is 6.58 Å². The molecule has 2 N–H and O–H groups in total. The lowest BCUT2D eigenvalue weighted by molar-refractivity contribution is -0.132. The van der Waals surface area contributed by atoms with E-state index < -0.39 is 12.1 Å². The molecule has 1 aromatic heterocycles. The van der Waals surface area contributed by atoms with Crippen LogP contribution in [0.5, 0.6) is 0 Å². The molecule has 0 unspecified atom stereocenters. The molecule has 0 aliphatic carbocycles. The second kappa shape index (κ2) is 6.03. The molecule has 7 nitrogen and oxygen atoms in total. The van der Waals surface area contributed by atoms with Gasteiger partial charge in [-0.25, -0.2) is 9.59 Å². The van der Waals surface area contributed by atoms with Gasteiger partial charge in [0, 0.05) is 25.4 Å². The first-order valence-corrected chi connectivity index (χ1v) is 5.74. The van der Waals surface area contributed by atoms with Crippen molar-refractivity contribution in [2.45, 2.75) is 19.8 Å². The monoisotopic (exact) mass is 267 g/mol. The maximum atomic E-state index is 11.2. The average molecular weight is 267 g/mol. The fourth-order valence-electron chi connectivity index (χ4n) is 1.73. The zero-order valence-corrected chi connectivity index (χ0v) is 11.0. The number of carboxylic acid groups (broad SMARTS) is 2. The third-order valence-corrected chi connectivity index (χ3v) is 2.67. The summed E-state index contributed by atoms with van der Waals surface area (Å²) < 4.78 is 1.54. The van der Waals surface area contributed by atoms with Crippen LogP contribution in [0.3, 0.4) is 0 Å². The van der Waals surface area contributed by atoms with E-state index in [2.05, 4.69) is 11.7 Å². The summed E-state index contributed by atoms with van der Waals surface area (Å²) in [7, 11) is 1.71. The number of aryl methyl sites for hydroxylation is 2. The molecule has 0 spiro atoms. The maximum Gasteiger partial charge on any atom is 0.411 e. The van der Waals surface area contributed by atoms with Crippen molar-refractivity contribution in [3.63, 3.8) is 0 Å². The molecule has 0 aliphatic rings. The Morgan fingerprint density at radius 1 is 1.47 bits per heavy atom. The van der Waals surface area contributed by atoms with E-state index in [4.69, 9.17) is 5.11 Å². The van der Waals surface area contributed by atoms with Crippen molar-refractivity contribution in [1.29, 1.82) is 0 Å². The van der Waals surface area contributed by atoms with E-state index in [1.807, 2.05) is 0 Å². The Balaban J connectivity index is 2.70. The van der Waals surface area contributed by atoms with Crippen LogP contribution < -0.4 is 4.90 Å². The van der Waals surface area contributed by atoms with Crippen molar-refractivity contribution >= 4 is 17.7 Å². The number of aromatic nitrogens is 2. The lowest BCUT2D eigenvalue weighted by Gasteiger charge is -2.18. The van der Waals surface area contributed by atoms with Crippen LogP contribution >= 0.6 is 0 Å². The number of hydrogen-bond acceptors (Lipinski definition) is 3. The second-order valence-corrected chi connectivity index (χ2v) is 4.22. The summed E-state index contributed by atoms with van der Waals surface area (Å²) in [5.74, 6) is -1.06. The molecule has 0 aliphatic heterocycles. The van der Waals surface area contributed by atoms with E-state index in [1.165, 1.54) is 4.68 Å². The number of aliphatic carboxylic acids is 1. The maximum absolute atomic E-state index is 11.2. The minimum atomic E-state index is -1.09. The van der Waals surface area contributed by atoms with Crippen LogP contribution in [0.25, 0.3) is 0 Å². The van der Waals surface area contributed by atoms with Gasteiger partial charge in [0.2, 0.25) is 0 Å². The lowest BCUT2D eigenvalue weighted by Crippen LogP contribution is -2.30. The molecular weight excluding hydrogens is 250 g/mol. The third-order valence-electron chi connectivity index (χ3n) is 2.67. The Kier molecular flexibility index (Phi) is 4.68. The van der Waals surface area contributed by atoms with Crippen molar-refractivity contribution in [3.8, 4) is 0 Å². The van der Waals surface area contributed by atoms with Gasteiger partial charge in [-0.15, -0.1) is 0 Å². The Labute approximate surface area is 110 Å². The molecular formula is C12H17N3O4. The minimum absolute atomic E-state index is 0.0771. The minimum Gasteiger partial charge on any atom is -0.478 e. The highest BCUT2D eigenvalue weighted by atomic mass is 16.4. The van der Waals surface area contributed by atoms with Crippen molar-refractivity contribution in [1.82, 2.24) is 9.78 Å². The van der Waals surface area contributed by atoms with Crippen LogP contribution in [-0.2, 0) is 11.8 Å². The molecule has 1 amide bonds. The van der Waals surface area contributed by atoms with Crippen LogP contribution in [0, 0.1) is 6.92 Å². The van der Waals surface area contributed by atoms with E-state index in [1.54, 1.807) is 20.2 Å². The number of hydrogen-bond donors (Lipinski definition) is 2. The van der Waals surface area contributed by atoms with E-state index >= 15 is 0 Å². The summed E-state index contributed by atoms with van der Waals surface area (Å²) >= 11 is 0. The molecule has 0 bridgehead atoms. The predicted octanol–water partition coefficient (Wildman–Crippen LogP) is 1.63. The Bertz CT molecular complexity index is 507. The van der Waals surface area contributed by atoms with Gasteiger partial charge in [-0.2, -0.15) is 5.10 Å². The molecule has 0 radical (unpaired) electrons. The summed E-state index contributed by atoms with van der Waals surface area (Å²) in [5, 5.41) is 21.9. The van der Waals surface area contributed by atoms with Crippen molar-refractivity contribution in [3.05, 3.63) is 24.0 Å². The topological polar surface area (TPSA) is 95.7 Å². The molecule has 0 atom stereocenters. The van der Waals surface area contributed by atoms with Gasteiger partial charge in [-0.3, -0.25) is 9.58 Å². The van der Waals surface area contributed by atoms with Gasteiger partial charge in [0.1, 0.15) is 0 Å².